The first kappa shape index (κ1) is 24.1. The largest absolute Gasteiger partial charge is 0.359 e. The quantitative estimate of drug-likeness (QED) is 0.361. The van der Waals surface area contributed by atoms with E-state index in [-0.39, 0.29) is 0 Å². The van der Waals surface area contributed by atoms with Crippen LogP contribution in [0.1, 0.15) is 112 Å². The average Bonchev–Trinajstić information content (AvgIpc) is 3.09. The van der Waals surface area contributed by atoms with E-state index in [1.165, 1.54) is 77.0 Å². The summed E-state index contributed by atoms with van der Waals surface area (Å²) in [5.41, 5.74) is 1.19. The maximum absolute atomic E-state index is 6.01. The molecule has 0 amide bonds. The summed E-state index contributed by atoms with van der Waals surface area (Å²) in [6.07, 6.45) is 17.6. The van der Waals surface area contributed by atoms with Crippen LogP contribution in [0, 0.1) is 52.3 Å². The first-order valence-electron chi connectivity index (χ1n) is 13.9. The van der Waals surface area contributed by atoms with E-state index in [4.69, 9.17) is 9.47 Å². The number of hydrogen-bond acceptors (Lipinski definition) is 2. The van der Waals surface area contributed by atoms with Crippen molar-refractivity contribution in [2.45, 2.75) is 118 Å². The Kier molecular flexibility index (Phi) is 7.49. The van der Waals surface area contributed by atoms with Crippen molar-refractivity contribution < 1.29 is 9.47 Å². The van der Waals surface area contributed by atoms with Gasteiger partial charge in [0.05, 0.1) is 6.10 Å². The summed E-state index contributed by atoms with van der Waals surface area (Å²) in [6, 6.07) is 0. The topological polar surface area (TPSA) is 18.5 Å². The van der Waals surface area contributed by atoms with E-state index < -0.39 is 0 Å². The molecule has 2 unspecified atom stereocenters. The van der Waals surface area contributed by atoms with Gasteiger partial charge < -0.3 is 9.47 Å². The number of methoxy groups -OCH3 is 1. The monoisotopic (exact) mass is 432 g/mol. The third kappa shape index (κ3) is 4.51. The van der Waals surface area contributed by atoms with Crippen LogP contribution in [0.2, 0.25) is 0 Å². The van der Waals surface area contributed by atoms with Gasteiger partial charge in [-0.3, -0.25) is 0 Å². The summed E-state index contributed by atoms with van der Waals surface area (Å²) >= 11 is 0. The minimum absolute atomic E-state index is 0.436. The highest BCUT2D eigenvalue weighted by Gasteiger charge is 2.60. The van der Waals surface area contributed by atoms with E-state index >= 15 is 0 Å². The van der Waals surface area contributed by atoms with Crippen LogP contribution in [0.15, 0.2) is 0 Å². The zero-order chi connectivity index (χ0) is 22.2. The van der Waals surface area contributed by atoms with Crippen LogP contribution in [0.3, 0.4) is 0 Å². The Morgan fingerprint density at radius 3 is 2.32 bits per heavy atom. The molecule has 4 aliphatic carbocycles. The van der Waals surface area contributed by atoms with Gasteiger partial charge in [-0.25, -0.2) is 0 Å². The molecule has 0 aromatic carbocycles. The van der Waals surface area contributed by atoms with Gasteiger partial charge in [-0.05, 0) is 110 Å². The lowest BCUT2D eigenvalue weighted by atomic mass is 9.44. The summed E-state index contributed by atoms with van der Waals surface area (Å²) in [7, 11) is 1.75. The van der Waals surface area contributed by atoms with E-state index in [2.05, 4.69) is 34.6 Å². The molecule has 0 N–H and O–H groups in total. The van der Waals surface area contributed by atoms with Gasteiger partial charge in [0.25, 0.3) is 0 Å². The fourth-order valence-electron chi connectivity index (χ4n) is 9.56. The van der Waals surface area contributed by atoms with Crippen LogP contribution >= 0.6 is 0 Å². The van der Waals surface area contributed by atoms with E-state index in [1.54, 1.807) is 7.11 Å². The molecular formula is C29H52O2. The molecule has 4 rings (SSSR count). The molecule has 0 aromatic heterocycles. The van der Waals surface area contributed by atoms with Gasteiger partial charge in [0, 0.05) is 7.11 Å². The molecule has 0 radical (unpaired) electrons. The molecule has 0 saturated heterocycles. The highest BCUT2D eigenvalue weighted by Crippen LogP contribution is 2.68. The van der Waals surface area contributed by atoms with Gasteiger partial charge in [0.1, 0.15) is 6.79 Å². The molecule has 0 spiro atoms. The molecule has 31 heavy (non-hydrogen) atoms. The number of fused-ring (bicyclic) bond motifs is 5. The SMILES string of the molecule is COCOC1CC[C@@]2(C)C(CC[C@H]3[C@@H]4CC[C@H]([C@H](C)CCCC(C)C)[C@@]4(C)CC[C@@H]32)C1. The Labute approximate surface area is 193 Å². The number of ether oxygens (including phenoxy) is 2. The van der Waals surface area contributed by atoms with Crippen molar-refractivity contribution in [3.05, 3.63) is 0 Å². The summed E-state index contributed by atoms with van der Waals surface area (Å²) in [5.74, 6) is 6.62. The zero-order valence-corrected chi connectivity index (χ0v) is 21.6. The lowest BCUT2D eigenvalue weighted by Gasteiger charge is -2.61. The Morgan fingerprint density at radius 1 is 0.839 bits per heavy atom. The van der Waals surface area contributed by atoms with E-state index in [9.17, 15) is 0 Å². The van der Waals surface area contributed by atoms with E-state index in [0.29, 0.717) is 23.7 Å². The van der Waals surface area contributed by atoms with Gasteiger partial charge in [-0.2, -0.15) is 0 Å². The van der Waals surface area contributed by atoms with Crippen molar-refractivity contribution in [3.8, 4) is 0 Å². The van der Waals surface area contributed by atoms with Crippen molar-refractivity contribution in [1.82, 2.24) is 0 Å². The normalized spacial score (nSPS) is 45.8. The van der Waals surface area contributed by atoms with Gasteiger partial charge in [-0.15, -0.1) is 0 Å². The summed E-state index contributed by atoms with van der Waals surface area (Å²) in [5, 5.41) is 0. The molecule has 4 fully saturated rings. The Morgan fingerprint density at radius 2 is 1.58 bits per heavy atom. The molecule has 4 saturated carbocycles. The maximum atomic E-state index is 6.01. The Bertz CT molecular complexity index is 587. The van der Waals surface area contributed by atoms with Crippen LogP contribution < -0.4 is 0 Å². The van der Waals surface area contributed by atoms with Crippen LogP contribution in [-0.4, -0.2) is 20.0 Å². The second-order valence-corrected chi connectivity index (χ2v) is 13.2. The van der Waals surface area contributed by atoms with Crippen molar-refractivity contribution in [2.75, 3.05) is 13.9 Å². The second kappa shape index (κ2) is 9.65. The van der Waals surface area contributed by atoms with Gasteiger partial charge in [-0.1, -0.05) is 53.9 Å². The van der Waals surface area contributed by atoms with Crippen LogP contribution in [0.4, 0.5) is 0 Å². The van der Waals surface area contributed by atoms with Gasteiger partial charge in [0.2, 0.25) is 0 Å². The molecule has 0 heterocycles. The van der Waals surface area contributed by atoms with Gasteiger partial charge in [0.15, 0.2) is 0 Å². The summed E-state index contributed by atoms with van der Waals surface area (Å²) < 4.78 is 11.2. The first-order chi connectivity index (χ1) is 14.8. The average molecular weight is 433 g/mol. The molecule has 2 nitrogen and oxygen atoms in total. The van der Waals surface area contributed by atoms with Crippen LogP contribution in [0.5, 0.6) is 0 Å². The van der Waals surface area contributed by atoms with Gasteiger partial charge >= 0.3 is 0 Å². The fourth-order valence-corrected chi connectivity index (χ4v) is 9.56. The van der Waals surface area contributed by atoms with Crippen molar-refractivity contribution >= 4 is 0 Å². The lowest BCUT2D eigenvalue weighted by Crippen LogP contribution is -2.54. The number of hydrogen-bond donors (Lipinski definition) is 0. The second-order valence-electron chi connectivity index (χ2n) is 13.2. The molecule has 0 aliphatic heterocycles. The highest BCUT2D eigenvalue weighted by molar-refractivity contribution is 5.09. The molecule has 0 aromatic rings. The van der Waals surface area contributed by atoms with E-state index in [1.807, 2.05) is 0 Å². The van der Waals surface area contributed by atoms with Crippen molar-refractivity contribution in [2.24, 2.45) is 52.3 Å². The molecule has 2 heteroatoms. The minimum atomic E-state index is 0.436. The highest BCUT2D eigenvalue weighted by atomic mass is 16.7. The molecule has 180 valence electrons. The Hall–Kier alpha value is -0.0800. The first-order valence-corrected chi connectivity index (χ1v) is 13.9. The Balaban J connectivity index is 1.41. The molecule has 4 aliphatic rings. The van der Waals surface area contributed by atoms with E-state index in [0.717, 1.165) is 41.4 Å². The lowest BCUT2D eigenvalue weighted by molar-refractivity contribution is -0.153. The molecular weight excluding hydrogens is 380 g/mol. The fraction of sp³-hybridized carbons (Fsp3) is 1.00. The van der Waals surface area contributed by atoms with Crippen LogP contribution in [0.25, 0.3) is 0 Å². The minimum Gasteiger partial charge on any atom is -0.359 e. The molecule has 0 bridgehead atoms. The maximum Gasteiger partial charge on any atom is 0.146 e. The number of rotatable bonds is 8. The zero-order valence-electron chi connectivity index (χ0n) is 21.6. The molecule has 9 atom stereocenters. The standard InChI is InChI=1S/C29H52O2/c1-20(2)8-7-9-21(3)25-12-13-26-24-11-10-22-18-23(31-19-30-6)14-16-28(22,4)27(24)15-17-29(25,26)5/h20-27H,7-19H2,1-6H3/t21-,22?,23?,24+,25-,26+,27+,28+,29-/m1/s1. The van der Waals surface area contributed by atoms with Crippen LogP contribution in [-0.2, 0) is 9.47 Å². The third-order valence-electron chi connectivity index (χ3n) is 11.2. The third-order valence-corrected chi connectivity index (χ3v) is 11.2. The predicted molar refractivity (Wildman–Crippen MR) is 130 cm³/mol. The van der Waals surface area contributed by atoms with Crippen molar-refractivity contribution in [1.29, 1.82) is 0 Å². The summed E-state index contributed by atoms with van der Waals surface area (Å²) in [4.78, 5) is 0. The summed E-state index contributed by atoms with van der Waals surface area (Å²) in [6.45, 7) is 13.3. The predicted octanol–water partition coefficient (Wildman–Crippen LogP) is 8.10. The van der Waals surface area contributed by atoms with Crippen molar-refractivity contribution in [3.63, 3.8) is 0 Å². The smallest absolute Gasteiger partial charge is 0.146 e.